The van der Waals surface area contributed by atoms with Gasteiger partial charge in [-0.2, -0.15) is 0 Å². The average Bonchev–Trinajstić information content (AvgIpc) is 2.79. The van der Waals surface area contributed by atoms with Crippen molar-refractivity contribution in [2.24, 2.45) is 0 Å². The predicted octanol–water partition coefficient (Wildman–Crippen LogP) is 2.49. The van der Waals surface area contributed by atoms with E-state index in [4.69, 9.17) is 24.5 Å². The SMILES string of the molecule is CN(C(=O)CNCCOc1ccccc1F)C1CCCc2ccccc21.O=C(O)C(=O)O. The molecule has 0 radical (unpaired) electrons. The van der Waals surface area contributed by atoms with Gasteiger partial charge in [-0.15, -0.1) is 0 Å². The van der Waals surface area contributed by atoms with Crippen LogP contribution in [0.3, 0.4) is 0 Å². The molecule has 32 heavy (non-hydrogen) atoms. The molecule has 1 atom stereocenters. The minimum atomic E-state index is -1.82. The lowest BCUT2D eigenvalue weighted by molar-refractivity contribution is -0.159. The summed E-state index contributed by atoms with van der Waals surface area (Å²) in [4.78, 5) is 32.5. The topological polar surface area (TPSA) is 116 Å². The zero-order valence-corrected chi connectivity index (χ0v) is 17.8. The van der Waals surface area contributed by atoms with E-state index in [2.05, 4.69) is 23.5 Å². The van der Waals surface area contributed by atoms with E-state index in [0.717, 1.165) is 19.3 Å². The maximum absolute atomic E-state index is 13.5. The number of ether oxygens (including phenoxy) is 1. The fraction of sp³-hybridized carbons (Fsp3) is 0.348. The Morgan fingerprint density at radius 1 is 1.09 bits per heavy atom. The van der Waals surface area contributed by atoms with Crippen molar-refractivity contribution in [1.82, 2.24) is 10.2 Å². The Labute approximate surface area is 185 Å². The first-order chi connectivity index (χ1) is 15.3. The summed E-state index contributed by atoms with van der Waals surface area (Å²) in [6.07, 6.45) is 3.18. The minimum Gasteiger partial charge on any atom is -0.489 e. The van der Waals surface area contributed by atoms with Crippen LogP contribution in [0.2, 0.25) is 0 Å². The van der Waals surface area contributed by atoms with Crippen molar-refractivity contribution in [3.63, 3.8) is 0 Å². The molecule has 0 saturated heterocycles. The number of aryl methyl sites for hydroxylation is 1. The smallest absolute Gasteiger partial charge is 0.414 e. The number of hydrogen-bond acceptors (Lipinski definition) is 5. The summed E-state index contributed by atoms with van der Waals surface area (Å²) >= 11 is 0. The van der Waals surface area contributed by atoms with E-state index in [9.17, 15) is 9.18 Å². The molecular weight excluding hydrogens is 419 g/mol. The van der Waals surface area contributed by atoms with Crippen LogP contribution in [-0.2, 0) is 20.8 Å². The number of amides is 1. The molecule has 0 fully saturated rings. The number of carboxylic acids is 2. The second kappa shape index (κ2) is 12.4. The van der Waals surface area contributed by atoms with Crippen LogP contribution in [0.1, 0.15) is 30.0 Å². The summed E-state index contributed by atoms with van der Waals surface area (Å²) in [5, 5.41) is 17.9. The normalized spacial score (nSPS) is 14.4. The molecular formula is C23H27FN2O6. The number of likely N-dealkylation sites (N-methyl/N-ethyl adjacent to an activating group) is 1. The van der Waals surface area contributed by atoms with Gasteiger partial charge < -0.3 is 25.2 Å². The van der Waals surface area contributed by atoms with Crippen molar-refractivity contribution in [3.05, 3.63) is 65.5 Å². The number of halogens is 1. The van der Waals surface area contributed by atoms with Crippen LogP contribution in [0.4, 0.5) is 4.39 Å². The molecule has 1 aliphatic carbocycles. The Morgan fingerprint density at radius 2 is 1.75 bits per heavy atom. The van der Waals surface area contributed by atoms with Gasteiger partial charge >= 0.3 is 11.9 Å². The van der Waals surface area contributed by atoms with Crippen molar-refractivity contribution >= 4 is 17.8 Å². The molecule has 2 aromatic carbocycles. The third-order valence-electron chi connectivity index (χ3n) is 5.03. The minimum absolute atomic E-state index is 0.0533. The van der Waals surface area contributed by atoms with E-state index in [1.807, 2.05) is 18.0 Å². The van der Waals surface area contributed by atoms with E-state index >= 15 is 0 Å². The summed E-state index contributed by atoms with van der Waals surface area (Å²) in [5.74, 6) is -3.74. The van der Waals surface area contributed by atoms with Crippen molar-refractivity contribution < 1.29 is 33.7 Å². The number of fused-ring (bicyclic) bond motifs is 1. The second-order valence-corrected chi connectivity index (χ2v) is 7.18. The fourth-order valence-corrected chi connectivity index (χ4v) is 3.42. The number of nitrogens with zero attached hydrogens (tertiary/aromatic N) is 1. The largest absolute Gasteiger partial charge is 0.489 e. The van der Waals surface area contributed by atoms with Crippen LogP contribution < -0.4 is 10.1 Å². The van der Waals surface area contributed by atoms with Gasteiger partial charge in [0, 0.05) is 13.6 Å². The number of rotatable bonds is 7. The third-order valence-corrected chi connectivity index (χ3v) is 5.03. The van der Waals surface area contributed by atoms with E-state index < -0.39 is 11.9 Å². The molecule has 0 aromatic heterocycles. The lowest BCUT2D eigenvalue weighted by atomic mass is 9.87. The molecule has 0 spiro atoms. The van der Waals surface area contributed by atoms with Crippen molar-refractivity contribution in [2.45, 2.75) is 25.3 Å². The fourth-order valence-electron chi connectivity index (χ4n) is 3.42. The summed E-state index contributed by atoms with van der Waals surface area (Å²) in [5.41, 5.74) is 2.60. The summed E-state index contributed by atoms with van der Waals surface area (Å²) in [6.45, 7) is 1.04. The summed E-state index contributed by atoms with van der Waals surface area (Å²) in [7, 11) is 1.87. The number of aliphatic carboxylic acids is 2. The first-order valence-corrected chi connectivity index (χ1v) is 10.2. The number of para-hydroxylation sites is 1. The maximum atomic E-state index is 13.5. The second-order valence-electron chi connectivity index (χ2n) is 7.18. The molecule has 3 rings (SSSR count). The predicted molar refractivity (Wildman–Crippen MR) is 115 cm³/mol. The molecule has 172 valence electrons. The Kier molecular flexibility index (Phi) is 9.62. The molecule has 8 nitrogen and oxygen atoms in total. The van der Waals surface area contributed by atoms with E-state index in [0.29, 0.717) is 13.2 Å². The van der Waals surface area contributed by atoms with E-state index in [1.54, 1.807) is 18.2 Å². The van der Waals surface area contributed by atoms with Crippen LogP contribution in [0.25, 0.3) is 0 Å². The zero-order chi connectivity index (χ0) is 23.5. The highest BCUT2D eigenvalue weighted by atomic mass is 19.1. The summed E-state index contributed by atoms with van der Waals surface area (Å²) in [6, 6.07) is 14.8. The number of carbonyl (C=O) groups is 3. The van der Waals surface area contributed by atoms with Crippen molar-refractivity contribution in [3.8, 4) is 5.75 Å². The zero-order valence-electron chi connectivity index (χ0n) is 17.8. The molecule has 0 saturated carbocycles. The molecule has 3 N–H and O–H groups in total. The molecule has 1 unspecified atom stereocenters. The highest BCUT2D eigenvalue weighted by Gasteiger charge is 2.26. The van der Waals surface area contributed by atoms with Gasteiger partial charge in [0.1, 0.15) is 6.61 Å². The van der Waals surface area contributed by atoms with Gasteiger partial charge in [-0.3, -0.25) is 4.79 Å². The standard InChI is InChI=1S/C21H25FN2O2.C2H2O4/c1-24(19-11-6-8-16-7-2-3-9-17(16)19)21(25)15-23-13-14-26-20-12-5-4-10-18(20)22;3-1(4)2(5)6/h2-5,7,9-10,12,19,23H,6,8,11,13-15H2,1H3;(H,3,4)(H,5,6). The lowest BCUT2D eigenvalue weighted by Crippen LogP contribution is -2.40. The molecule has 9 heteroatoms. The van der Waals surface area contributed by atoms with Crippen molar-refractivity contribution in [1.29, 1.82) is 0 Å². The van der Waals surface area contributed by atoms with Gasteiger partial charge in [-0.1, -0.05) is 36.4 Å². The number of nitrogens with one attached hydrogen (secondary N) is 1. The Balaban J connectivity index is 0.000000534. The molecule has 1 amide bonds. The van der Waals surface area contributed by atoms with E-state index in [1.165, 1.54) is 17.2 Å². The van der Waals surface area contributed by atoms with Gasteiger partial charge in [0.05, 0.1) is 12.6 Å². The molecule has 0 bridgehead atoms. The van der Waals surface area contributed by atoms with Crippen LogP contribution >= 0.6 is 0 Å². The highest BCUT2D eigenvalue weighted by molar-refractivity contribution is 6.27. The number of benzene rings is 2. The molecule has 1 aliphatic rings. The quantitative estimate of drug-likeness (QED) is 0.442. The Morgan fingerprint density at radius 3 is 2.44 bits per heavy atom. The molecule has 0 aliphatic heterocycles. The number of hydrogen-bond donors (Lipinski definition) is 3. The van der Waals surface area contributed by atoms with Gasteiger partial charge in [0.15, 0.2) is 11.6 Å². The Hall–Kier alpha value is -3.46. The van der Waals surface area contributed by atoms with Crippen LogP contribution in [0, 0.1) is 5.82 Å². The summed E-state index contributed by atoms with van der Waals surface area (Å²) < 4.78 is 18.8. The number of carbonyl (C=O) groups excluding carboxylic acids is 1. The Bertz CT molecular complexity index is 924. The van der Waals surface area contributed by atoms with Gasteiger partial charge in [0.25, 0.3) is 0 Å². The first kappa shape index (κ1) is 24.8. The average molecular weight is 446 g/mol. The van der Waals surface area contributed by atoms with Gasteiger partial charge in [-0.05, 0) is 42.5 Å². The van der Waals surface area contributed by atoms with Gasteiger partial charge in [-0.25, -0.2) is 14.0 Å². The molecule has 2 aromatic rings. The maximum Gasteiger partial charge on any atom is 0.414 e. The highest BCUT2D eigenvalue weighted by Crippen LogP contribution is 2.33. The van der Waals surface area contributed by atoms with Crippen molar-refractivity contribution in [2.75, 3.05) is 26.7 Å². The number of carboxylic acid groups (broad SMARTS) is 2. The lowest BCUT2D eigenvalue weighted by Gasteiger charge is -2.33. The first-order valence-electron chi connectivity index (χ1n) is 10.2. The van der Waals surface area contributed by atoms with Gasteiger partial charge in [0.2, 0.25) is 5.91 Å². The third kappa shape index (κ3) is 7.35. The van der Waals surface area contributed by atoms with E-state index in [-0.39, 0.29) is 30.1 Å². The van der Waals surface area contributed by atoms with Crippen LogP contribution in [0.15, 0.2) is 48.5 Å². The molecule has 0 heterocycles. The van der Waals surface area contributed by atoms with Crippen LogP contribution in [0.5, 0.6) is 5.75 Å². The van der Waals surface area contributed by atoms with Crippen LogP contribution in [-0.4, -0.2) is 59.7 Å². The monoisotopic (exact) mass is 446 g/mol.